The van der Waals surface area contributed by atoms with Gasteiger partial charge in [0.05, 0.1) is 5.02 Å². The van der Waals surface area contributed by atoms with Crippen LogP contribution in [0.5, 0.6) is 5.75 Å². The molecule has 0 bridgehead atoms. The number of hydrogen-bond acceptors (Lipinski definition) is 3. The number of likely N-dealkylation sites (tertiary alicyclic amines) is 1. The van der Waals surface area contributed by atoms with Crippen LogP contribution < -0.4 is 10.1 Å². The third-order valence-electron chi connectivity index (χ3n) is 4.46. The molecule has 4 nitrogen and oxygen atoms in total. The van der Waals surface area contributed by atoms with Crippen LogP contribution >= 0.6 is 11.6 Å². The molecule has 1 fully saturated rings. The molecule has 0 radical (unpaired) electrons. The van der Waals surface area contributed by atoms with E-state index in [1.807, 2.05) is 19.1 Å². The highest BCUT2D eigenvalue weighted by Crippen LogP contribution is 2.25. The zero-order valence-electron chi connectivity index (χ0n) is 14.1. The van der Waals surface area contributed by atoms with Crippen molar-refractivity contribution in [2.24, 2.45) is 5.92 Å². The lowest BCUT2D eigenvalue weighted by Gasteiger charge is -2.29. The van der Waals surface area contributed by atoms with Crippen molar-refractivity contribution >= 4 is 17.5 Å². The molecule has 0 spiro atoms. The van der Waals surface area contributed by atoms with Crippen molar-refractivity contribution in [3.8, 4) is 5.75 Å². The maximum Gasteiger partial charge on any atom is 0.261 e. The lowest BCUT2D eigenvalue weighted by atomic mass is 9.94. The summed E-state index contributed by atoms with van der Waals surface area (Å²) in [5.74, 6) is 1.22. The van der Waals surface area contributed by atoms with Crippen molar-refractivity contribution in [1.82, 2.24) is 10.2 Å². The molecule has 1 aliphatic rings. The Kier molecular flexibility index (Phi) is 7.18. The Labute approximate surface area is 144 Å². The zero-order valence-corrected chi connectivity index (χ0v) is 14.8. The predicted molar refractivity (Wildman–Crippen MR) is 94.0 cm³/mol. The SMILES string of the molecule is CC[C@H](Oc1ccccc1Cl)C(=O)NCCC1CCN(C)CC1. The molecule has 2 rings (SSSR count). The molecule has 23 heavy (non-hydrogen) atoms. The third kappa shape index (κ3) is 5.70. The molecular formula is C18H27ClN2O2. The first-order valence-corrected chi connectivity index (χ1v) is 8.85. The molecule has 5 heteroatoms. The maximum absolute atomic E-state index is 12.3. The van der Waals surface area contributed by atoms with Gasteiger partial charge in [0.15, 0.2) is 6.10 Å². The Morgan fingerprint density at radius 1 is 1.39 bits per heavy atom. The van der Waals surface area contributed by atoms with E-state index in [1.165, 1.54) is 12.8 Å². The second-order valence-corrected chi connectivity index (χ2v) is 6.68. The van der Waals surface area contributed by atoms with Gasteiger partial charge in [0.1, 0.15) is 5.75 Å². The standard InChI is InChI=1S/C18H27ClN2O2/c1-3-16(23-17-7-5-4-6-15(17)19)18(22)20-11-8-14-9-12-21(2)13-10-14/h4-7,14,16H,3,8-13H2,1-2H3,(H,20,22)/t16-/m0/s1. The van der Waals surface area contributed by atoms with Crippen molar-refractivity contribution in [3.05, 3.63) is 29.3 Å². The summed E-state index contributed by atoms with van der Waals surface area (Å²) < 4.78 is 5.76. The van der Waals surface area contributed by atoms with Gasteiger partial charge in [-0.1, -0.05) is 30.7 Å². The van der Waals surface area contributed by atoms with Crippen LogP contribution in [0.3, 0.4) is 0 Å². The summed E-state index contributed by atoms with van der Waals surface area (Å²) in [6, 6.07) is 7.25. The van der Waals surface area contributed by atoms with Gasteiger partial charge in [0.2, 0.25) is 0 Å². The normalized spacial score (nSPS) is 17.7. The van der Waals surface area contributed by atoms with Crippen LogP contribution in [0.2, 0.25) is 5.02 Å². The maximum atomic E-state index is 12.3. The number of benzene rings is 1. The Morgan fingerprint density at radius 3 is 2.74 bits per heavy atom. The number of carbonyl (C=O) groups is 1. The summed E-state index contributed by atoms with van der Waals surface area (Å²) in [6.45, 7) is 4.98. The summed E-state index contributed by atoms with van der Waals surface area (Å²) in [7, 11) is 2.16. The van der Waals surface area contributed by atoms with Gasteiger partial charge >= 0.3 is 0 Å². The summed E-state index contributed by atoms with van der Waals surface area (Å²) in [6.07, 6.45) is 3.61. The quantitative estimate of drug-likeness (QED) is 0.829. The van der Waals surface area contributed by atoms with Gasteiger partial charge < -0.3 is 15.0 Å². The first kappa shape index (κ1) is 18.1. The highest BCUT2D eigenvalue weighted by molar-refractivity contribution is 6.32. The number of hydrogen-bond donors (Lipinski definition) is 1. The topological polar surface area (TPSA) is 41.6 Å². The second kappa shape index (κ2) is 9.14. The van der Waals surface area contributed by atoms with Gasteiger partial charge in [0, 0.05) is 6.54 Å². The molecule has 1 saturated heterocycles. The van der Waals surface area contributed by atoms with E-state index in [4.69, 9.17) is 16.3 Å². The fraction of sp³-hybridized carbons (Fsp3) is 0.611. The number of amides is 1. The lowest BCUT2D eigenvalue weighted by molar-refractivity contribution is -0.128. The van der Waals surface area contributed by atoms with Crippen molar-refractivity contribution in [3.63, 3.8) is 0 Å². The Balaban J connectivity index is 1.75. The van der Waals surface area contributed by atoms with Gasteiger partial charge in [-0.3, -0.25) is 4.79 Å². The number of nitrogens with one attached hydrogen (secondary N) is 1. The highest BCUT2D eigenvalue weighted by Gasteiger charge is 2.20. The molecule has 128 valence electrons. The number of carbonyl (C=O) groups excluding carboxylic acids is 1. The van der Waals surface area contributed by atoms with Crippen LogP contribution in [0, 0.1) is 5.92 Å². The van der Waals surface area contributed by atoms with E-state index >= 15 is 0 Å². The largest absolute Gasteiger partial charge is 0.479 e. The van der Waals surface area contributed by atoms with E-state index in [1.54, 1.807) is 12.1 Å². The van der Waals surface area contributed by atoms with E-state index in [0.717, 1.165) is 32.0 Å². The van der Waals surface area contributed by atoms with E-state index in [9.17, 15) is 4.79 Å². The van der Waals surface area contributed by atoms with Crippen molar-refractivity contribution in [2.75, 3.05) is 26.7 Å². The first-order chi connectivity index (χ1) is 11.1. The minimum absolute atomic E-state index is 0.0552. The van der Waals surface area contributed by atoms with E-state index < -0.39 is 6.10 Å². The number of halogens is 1. The molecule has 1 N–H and O–H groups in total. The smallest absolute Gasteiger partial charge is 0.261 e. The number of rotatable bonds is 7. The van der Waals surface area contributed by atoms with Gasteiger partial charge in [-0.25, -0.2) is 0 Å². The fourth-order valence-electron chi connectivity index (χ4n) is 2.88. The summed E-state index contributed by atoms with van der Waals surface area (Å²) in [4.78, 5) is 14.7. The second-order valence-electron chi connectivity index (χ2n) is 6.27. The van der Waals surface area contributed by atoms with Gasteiger partial charge in [-0.05, 0) is 63.9 Å². The summed E-state index contributed by atoms with van der Waals surface area (Å²) in [5, 5.41) is 3.54. The molecule has 1 heterocycles. The molecule has 1 atom stereocenters. The predicted octanol–water partition coefficient (Wildman–Crippen LogP) is 3.35. The lowest BCUT2D eigenvalue weighted by Crippen LogP contribution is -2.39. The molecular weight excluding hydrogens is 312 g/mol. The average Bonchev–Trinajstić information content (AvgIpc) is 2.56. The van der Waals surface area contributed by atoms with Crippen LogP contribution in [0.1, 0.15) is 32.6 Å². The zero-order chi connectivity index (χ0) is 16.7. The molecule has 1 aromatic rings. The molecule has 0 saturated carbocycles. The van der Waals surface area contributed by atoms with Crippen LogP contribution in [0.25, 0.3) is 0 Å². The van der Waals surface area contributed by atoms with Crippen LogP contribution in [0.15, 0.2) is 24.3 Å². The highest BCUT2D eigenvalue weighted by atomic mass is 35.5. The monoisotopic (exact) mass is 338 g/mol. The van der Waals surface area contributed by atoms with Gasteiger partial charge in [0.25, 0.3) is 5.91 Å². The molecule has 0 aromatic heterocycles. The van der Waals surface area contributed by atoms with E-state index in [-0.39, 0.29) is 5.91 Å². The Bertz CT molecular complexity index is 502. The van der Waals surface area contributed by atoms with Gasteiger partial charge in [-0.15, -0.1) is 0 Å². The van der Waals surface area contributed by atoms with E-state index in [0.29, 0.717) is 17.2 Å². The number of ether oxygens (including phenoxy) is 1. The van der Waals surface area contributed by atoms with E-state index in [2.05, 4.69) is 17.3 Å². The number of nitrogens with zero attached hydrogens (tertiary/aromatic N) is 1. The minimum Gasteiger partial charge on any atom is -0.479 e. The minimum atomic E-state index is -0.493. The molecule has 1 aliphatic heterocycles. The number of para-hydroxylation sites is 1. The van der Waals surface area contributed by atoms with Crippen LogP contribution in [0.4, 0.5) is 0 Å². The summed E-state index contributed by atoms with van der Waals surface area (Å²) >= 11 is 6.09. The first-order valence-electron chi connectivity index (χ1n) is 8.47. The summed E-state index contributed by atoms with van der Waals surface area (Å²) in [5.41, 5.74) is 0. The van der Waals surface area contributed by atoms with Crippen LogP contribution in [-0.2, 0) is 4.79 Å². The average molecular weight is 339 g/mol. The van der Waals surface area contributed by atoms with Crippen molar-refractivity contribution in [1.29, 1.82) is 0 Å². The third-order valence-corrected chi connectivity index (χ3v) is 4.77. The Morgan fingerprint density at radius 2 is 2.09 bits per heavy atom. The van der Waals surface area contributed by atoms with Crippen molar-refractivity contribution < 1.29 is 9.53 Å². The van der Waals surface area contributed by atoms with Crippen molar-refractivity contribution in [2.45, 2.75) is 38.7 Å². The van der Waals surface area contributed by atoms with Crippen LogP contribution in [-0.4, -0.2) is 43.6 Å². The molecule has 1 amide bonds. The fourth-order valence-corrected chi connectivity index (χ4v) is 3.06. The molecule has 0 unspecified atom stereocenters. The number of piperidine rings is 1. The Hall–Kier alpha value is -1.26. The van der Waals surface area contributed by atoms with Gasteiger partial charge in [-0.2, -0.15) is 0 Å². The molecule has 1 aromatic carbocycles. The molecule has 0 aliphatic carbocycles.